The van der Waals surface area contributed by atoms with E-state index in [0.29, 0.717) is 10.0 Å². The van der Waals surface area contributed by atoms with Gasteiger partial charge in [0.15, 0.2) is 5.13 Å². The summed E-state index contributed by atoms with van der Waals surface area (Å²) < 4.78 is 13.4. The first-order valence-corrected chi connectivity index (χ1v) is 6.14. The SMILES string of the molecule is O=C(Nc1ncc(C#CCO)s1)c1ccccc1F. The van der Waals surface area contributed by atoms with Gasteiger partial charge in [0.25, 0.3) is 5.91 Å². The molecule has 0 fully saturated rings. The van der Waals surface area contributed by atoms with Gasteiger partial charge in [-0.2, -0.15) is 0 Å². The van der Waals surface area contributed by atoms with Gasteiger partial charge in [-0.15, -0.1) is 0 Å². The van der Waals surface area contributed by atoms with E-state index in [2.05, 4.69) is 22.1 Å². The molecule has 19 heavy (non-hydrogen) atoms. The molecule has 0 aliphatic heterocycles. The quantitative estimate of drug-likeness (QED) is 0.823. The fourth-order valence-corrected chi connectivity index (χ4v) is 2.01. The molecule has 0 unspecified atom stereocenters. The zero-order chi connectivity index (χ0) is 13.7. The van der Waals surface area contributed by atoms with Crippen molar-refractivity contribution in [1.29, 1.82) is 0 Å². The Hall–Kier alpha value is -2.23. The van der Waals surface area contributed by atoms with Crippen molar-refractivity contribution < 1.29 is 14.3 Å². The Morgan fingerprint density at radius 2 is 2.26 bits per heavy atom. The van der Waals surface area contributed by atoms with Crippen LogP contribution in [0.25, 0.3) is 0 Å². The second-order valence-corrected chi connectivity index (χ2v) is 4.45. The van der Waals surface area contributed by atoms with Gasteiger partial charge in [-0.05, 0) is 12.1 Å². The van der Waals surface area contributed by atoms with Crippen molar-refractivity contribution in [2.75, 3.05) is 11.9 Å². The summed E-state index contributed by atoms with van der Waals surface area (Å²) >= 11 is 1.15. The molecule has 2 aromatic rings. The average molecular weight is 276 g/mol. The van der Waals surface area contributed by atoms with Gasteiger partial charge in [0.2, 0.25) is 0 Å². The molecule has 6 heteroatoms. The lowest BCUT2D eigenvalue weighted by atomic mass is 10.2. The molecule has 0 saturated heterocycles. The average Bonchev–Trinajstić information content (AvgIpc) is 2.84. The van der Waals surface area contributed by atoms with Crippen molar-refractivity contribution in [1.82, 2.24) is 4.98 Å². The standard InChI is InChI=1S/C13H9FN2O2S/c14-11-6-2-1-5-10(11)12(18)16-13-15-8-9(19-13)4-3-7-17/h1-2,5-6,8,17H,7H2,(H,15,16,18). The number of halogens is 1. The van der Waals surface area contributed by atoms with E-state index in [1.807, 2.05) is 0 Å². The summed E-state index contributed by atoms with van der Waals surface area (Å²) in [6.07, 6.45) is 1.48. The molecule has 4 nitrogen and oxygen atoms in total. The number of amides is 1. The van der Waals surface area contributed by atoms with Crippen LogP contribution in [0.2, 0.25) is 0 Å². The monoisotopic (exact) mass is 276 g/mol. The number of thiazole rings is 1. The van der Waals surface area contributed by atoms with Gasteiger partial charge in [0.1, 0.15) is 12.4 Å². The highest BCUT2D eigenvalue weighted by atomic mass is 32.1. The van der Waals surface area contributed by atoms with Crippen LogP contribution in [0, 0.1) is 17.7 Å². The third-order valence-corrected chi connectivity index (χ3v) is 2.96. The molecule has 0 radical (unpaired) electrons. The van der Waals surface area contributed by atoms with Crippen molar-refractivity contribution in [2.24, 2.45) is 0 Å². The molecule has 2 rings (SSSR count). The predicted molar refractivity (Wildman–Crippen MR) is 70.4 cm³/mol. The topological polar surface area (TPSA) is 62.2 Å². The summed E-state index contributed by atoms with van der Waals surface area (Å²) in [6, 6.07) is 5.70. The van der Waals surface area contributed by atoms with Crippen molar-refractivity contribution in [2.45, 2.75) is 0 Å². The molecule has 1 aromatic carbocycles. The second kappa shape index (κ2) is 6.09. The zero-order valence-corrected chi connectivity index (χ0v) is 10.5. The Morgan fingerprint density at radius 3 is 3.00 bits per heavy atom. The summed E-state index contributed by atoms with van der Waals surface area (Å²) in [6.45, 7) is -0.241. The Morgan fingerprint density at radius 1 is 1.47 bits per heavy atom. The van der Waals surface area contributed by atoms with Crippen LogP contribution in [0.5, 0.6) is 0 Å². The summed E-state index contributed by atoms with van der Waals surface area (Å²) in [5, 5.41) is 11.4. The third-order valence-electron chi connectivity index (χ3n) is 2.14. The largest absolute Gasteiger partial charge is 0.384 e. The highest BCUT2D eigenvalue weighted by Gasteiger charge is 2.12. The van der Waals surface area contributed by atoms with Crippen LogP contribution >= 0.6 is 11.3 Å². The smallest absolute Gasteiger partial charge is 0.260 e. The predicted octanol–water partition coefficient (Wildman–Crippen LogP) is 1.88. The number of nitrogens with one attached hydrogen (secondary N) is 1. The van der Waals surface area contributed by atoms with Gasteiger partial charge >= 0.3 is 0 Å². The number of hydrogen-bond acceptors (Lipinski definition) is 4. The summed E-state index contributed by atoms with van der Waals surface area (Å²) in [7, 11) is 0. The number of hydrogen-bond donors (Lipinski definition) is 2. The van der Waals surface area contributed by atoms with Crippen LogP contribution in [0.3, 0.4) is 0 Å². The van der Waals surface area contributed by atoms with E-state index in [1.54, 1.807) is 6.07 Å². The molecule has 2 N–H and O–H groups in total. The molecule has 96 valence electrons. The van der Waals surface area contributed by atoms with Gasteiger partial charge in [0.05, 0.1) is 16.6 Å². The molecule has 1 amide bonds. The van der Waals surface area contributed by atoms with E-state index in [-0.39, 0.29) is 12.2 Å². The molecular formula is C13H9FN2O2S. The van der Waals surface area contributed by atoms with Crippen molar-refractivity contribution >= 4 is 22.4 Å². The number of aromatic nitrogens is 1. The molecule has 0 saturated carbocycles. The van der Waals surface area contributed by atoms with E-state index >= 15 is 0 Å². The summed E-state index contributed by atoms with van der Waals surface area (Å²) in [5.74, 6) is 4.00. The van der Waals surface area contributed by atoms with E-state index in [0.717, 1.165) is 11.3 Å². The van der Waals surface area contributed by atoms with Crippen LogP contribution in [-0.2, 0) is 0 Å². The summed E-state index contributed by atoms with van der Waals surface area (Å²) in [5.41, 5.74) is -0.0410. The number of anilines is 1. The van der Waals surface area contributed by atoms with Gasteiger partial charge in [-0.3, -0.25) is 10.1 Å². The fraction of sp³-hybridized carbons (Fsp3) is 0.0769. The van der Waals surface area contributed by atoms with Gasteiger partial charge in [-0.1, -0.05) is 35.3 Å². The van der Waals surface area contributed by atoms with Crippen LogP contribution in [-0.4, -0.2) is 22.6 Å². The molecule has 1 aromatic heterocycles. The molecular weight excluding hydrogens is 267 g/mol. The van der Waals surface area contributed by atoms with E-state index in [1.165, 1.54) is 24.4 Å². The number of aliphatic hydroxyl groups excluding tert-OH is 1. The number of nitrogens with zero attached hydrogens (tertiary/aromatic N) is 1. The minimum atomic E-state index is -0.586. The minimum Gasteiger partial charge on any atom is -0.384 e. The molecule has 0 atom stereocenters. The van der Waals surface area contributed by atoms with E-state index in [9.17, 15) is 9.18 Å². The van der Waals surface area contributed by atoms with Crippen LogP contribution < -0.4 is 5.32 Å². The van der Waals surface area contributed by atoms with E-state index < -0.39 is 11.7 Å². The maximum atomic E-state index is 13.4. The van der Waals surface area contributed by atoms with Crippen molar-refractivity contribution in [3.63, 3.8) is 0 Å². The zero-order valence-electron chi connectivity index (χ0n) is 9.68. The highest BCUT2D eigenvalue weighted by Crippen LogP contribution is 2.18. The lowest BCUT2D eigenvalue weighted by molar-refractivity contribution is 0.102. The normalized spacial score (nSPS) is 9.58. The molecule has 0 spiro atoms. The van der Waals surface area contributed by atoms with Crippen molar-refractivity contribution in [3.8, 4) is 11.8 Å². The van der Waals surface area contributed by atoms with Gasteiger partial charge in [-0.25, -0.2) is 9.37 Å². The Bertz CT molecular complexity index is 658. The molecule has 1 heterocycles. The Kier molecular flexibility index (Phi) is 4.23. The number of carbonyl (C=O) groups is 1. The van der Waals surface area contributed by atoms with Crippen molar-refractivity contribution in [3.05, 3.63) is 46.7 Å². The molecule has 0 bridgehead atoms. The number of benzene rings is 1. The lowest BCUT2D eigenvalue weighted by Gasteiger charge is -2.01. The van der Waals surface area contributed by atoms with Crippen LogP contribution in [0.1, 0.15) is 15.2 Å². The van der Waals surface area contributed by atoms with Gasteiger partial charge in [0, 0.05) is 0 Å². The maximum absolute atomic E-state index is 13.4. The lowest BCUT2D eigenvalue weighted by Crippen LogP contribution is -2.13. The number of rotatable bonds is 2. The fourth-order valence-electron chi connectivity index (χ4n) is 1.33. The van der Waals surface area contributed by atoms with E-state index in [4.69, 9.17) is 5.11 Å². The molecule has 0 aliphatic carbocycles. The number of carbonyl (C=O) groups excluding carboxylic acids is 1. The molecule has 0 aliphatic rings. The first-order valence-electron chi connectivity index (χ1n) is 5.32. The first-order chi connectivity index (χ1) is 9.20. The summed E-state index contributed by atoms with van der Waals surface area (Å²) in [4.78, 5) is 16.4. The van der Waals surface area contributed by atoms with Gasteiger partial charge < -0.3 is 5.11 Å². The highest BCUT2D eigenvalue weighted by molar-refractivity contribution is 7.16. The first kappa shape index (κ1) is 13.2. The van der Waals surface area contributed by atoms with Crippen LogP contribution in [0.15, 0.2) is 30.5 Å². The maximum Gasteiger partial charge on any atom is 0.260 e. The number of aliphatic hydroxyl groups is 1. The second-order valence-electron chi connectivity index (χ2n) is 3.42. The minimum absolute atomic E-state index is 0.0410. The Balaban J connectivity index is 2.11. The third kappa shape index (κ3) is 3.37. The Labute approximate surface area is 112 Å². The van der Waals surface area contributed by atoms with Crippen LogP contribution in [0.4, 0.5) is 9.52 Å².